The lowest BCUT2D eigenvalue weighted by Crippen LogP contribution is -2.53. The molecule has 130 valence electrons. The highest BCUT2D eigenvalue weighted by Gasteiger charge is 2.55. The zero-order valence-corrected chi connectivity index (χ0v) is 14.4. The van der Waals surface area contributed by atoms with Gasteiger partial charge in [0.05, 0.1) is 11.5 Å². The van der Waals surface area contributed by atoms with E-state index in [4.69, 9.17) is 0 Å². The van der Waals surface area contributed by atoms with E-state index in [0.29, 0.717) is 6.54 Å². The third-order valence-corrected chi connectivity index (χ3v) is 7.84. The van der Waals surface area contributed by atoms with Gasteiger partial charge in [-0.15, -0.1) is 0 Å². The minimum atomic E-state index is -3.21. The summed E-state index contributed by atoms with van der Waals surface area (Å²) in [6.45, 7) is 2.62. The second-order valence-corrected chi connectivity index (χ2v) is 10.0. The zero-order valence-electron chi connectivity index (χ0n) is 13.6. The lowest BCUT2D eigenvalue weighted by molar-refractivity contribution is -0.162. The van der Waals surface area contributed by atoms with E-state index in [9.17, 15) is 23.1 Å². The van der Waals surface area contributed by atoms with Gasteiger partial charge in [0.2, 0.25) is 5.91 Å². The number of amides is 1. The molecule has 6 nitrogen and oxygen atoms in total. The summed E-state index contributed by atoms with van der Waals surface area (Å²) in [6.07, 6.45) is 5.31. The predicted octanol–water partition coefficient (Wildman–Crippen LogP) is 1.45. The van der Waals surface area contributed by atoms with E-state index in [1.807, 2.05) is 6.92 Å². The first-order chi connectivity index (χ1) is 10.7. The normalized spacial score (nSPS) is 31.3. The average molecular weight is 343 g/mol. The van der Waals surface area contributed by atoms with Gasteiger partial charge < -0.3 is 10.0 Å². The van der Waals surface area contributed by atoms with Gasteiger partial charge in [0, 0.05) is 12.6 Å². The summed E-state index contributed by atoms with van der Waals surface area (Å²) in [4.78, 5) is 26.7. The van der Waals surface area contributed by atoms with Crippen molar-refractivity contribution in [2.75, 3.05) is 18.1 Å². The molecule has 3 aliphatic rings. The molecule has 0 aromatic rings. The number of hydrogen-bond acceptors (Lipinski definition) is 4. The highest BCUT2D eigenvalue weighted by Crippen LogP contribution is 2.49. The van der Waals surface area contributed by atoms with Gasteiger partial charge in [-0.2, -0.15) is 0 Å². The first-order valence-corrected chi connectivity index (χ1v) is 10.3. The SMILES string of the molecule is CC1CC2(CCCC2)CN1C(=O)C1(C(=O)O)CCS(=O)(=O)CC1. The molecule has 23 heavy (non-hydrogen) atoms. The van der Waals surface area contributed by atoms with E-state index >= 15 is 0 Å². The summed E-state index contributed by atoms with van der Waals surface area (Å²) >= 11 is 0. The van der Waals surface area contributed by atoms with E-state index in [1.165, 1.54) is 12.8 Å². The maximum Gasteiger partial charge on any atom is 0.319 e. The molecule has 1 aliphatic carbocycles. The van der Waals surface area contributed by atoms with E-state index in [-0.39, 0.29) is 41.7 Å². The molecule has 1 unspecified atom stereocenters. The molecule has 3 rings (SSSR count). The summed E-state index contributed by atoms with van der Waals surface area (Å²) in [5.74, 6) is -1.95. The molecule has 3 fully saturated rings. The van der Waals surface area contributed by atoms with Gasteiger partial charge in [0.15, 0.2) is 0 Å². The molecule has 1 saturated carbocycles. The molecule has 1 amide bonds. The molecule has 7 heteroatoms. The highest BCUT2D eigenvalue weighted by molar-refractivity contribution is 7.91. The average Bonchev–Trinajstić information content (AvgIpc) is 3.05. The lowest BCUT2D eigenvalue weighted by atomic mass is 9.80. The zero-order chi connectivity index (χ0) is 16.9. The van der Waals surface area contributed by atoms with Gasteiger partial charge in [0.1, 0.15) is 15.3 Å². The van der Waals surface area contributed by atoms with Crippen molar-refractivity contribution < 1.29 is 23.1 Å². The first-order valence-electron chi connectivity index (χ1n) is 8.45. The molecule has 0 bridgehead atoms. The quantitative estimate of drug-likeness (QED) is 0.766. The third-order valence-electron chi connectivity index (χ3n) is 6.19. The fourth-order valence-electron chi connectivity index (χ4n) is 4.76. The van der Waals surface area contributed by atoms with Crippen molar-refractivity contribution in [3.63, 3.8) is 0 Å². The van der Waals surface area contributed by atoms with Crippen molar-refractivity contribution in [1.29, 1.82) is 0 Å². The Labute approximate surface area is 137 Å². The number of nitrogens with zero attached hydrogens (tertiary/aromatic N) is 1. The van der Waals surface area contributed by atoms with Crippen LogP contribution in [-0.2, 0) is 19.4 Å². The number of likely N-dealkylation sites (tertiary alicyclic amines) is 1. The van der Waals surface area contributed by atoms with Crippen LogP contribution in [0.3, 0.4) is 0 Å². The molecule has 0 radical (unpaired) electrons. The second-order valence-electron chi connectivity index (χ2n) is 7.73. The second kappa shape index (κ2) is 5.46. The van der Waals surface area contributed by atoms with Crippen LogP contribution in [0.5, 0.6) is 0 Å². The monoisotopic (exact) mass is 343 g/mol. The number of carboxylic acids is 1. The Kier molecular flexibility index (Phi) is 3.98. The number of sulfone groups is 1. The van der Waals surface area contributed by atoms with Crippen molar-refractivity contribution in [2.45, 2.75) is 57.9 Å². The van der Waals surface area contributed by atoms with Gasteiger partial charge in [-0.25, -0.2) is 8.42 Å². The van der Waals surface area contributed by atoms with Crippen molar-refractivity contribution in [3.8, 4) is 0 Å². The summed E-state index contributed by atoms with van der Waals surface area (Å²) in [6, 6.07) is 0.0374. The Morgan fingerprint density at radius 3 is 2.17 bits per heavy atom. The first kappa shape index (κ1) is 16.7. The van der Waals surface area contributed by atoms with E-state index in [0.717, 1.165) is 19.3 Å². The number of carboxylic acid groups (broad SMARTS) is 1. The summed E-state index contributed by atoms with van der Waals surface area (Å²) in [5, 5.41) is 9.69. The standard InChI is InChI=1S/C16H25NO5S/c1-12-10-15(4-2-3-5-15)11-17(12)13(18)16(14(19)20)6-8-23(21,22)9-7-16/h12H,2-11H2,1H3,(H,19,20). The molecule has 2 aliphatic heterocycles. The van der Waals surface area contributed by atoms with E-state index in [2.05, 4.69) is 0 Å². The summed E-state index contributed by atoms with van der Waals surface area (Å²) < 4.78 is 23.3. The van der Waals surface area contributed by atoms with Crippen molar-refractivity contribution in [2.24, 2.45) is 10.8 Å². The molecule has 1 atom stereocenters. The van der Waals surface area contributed by atoms with Crippen LogP contribution in [0.1, 0.15) is 51.9 Å². The van der Waals surface area contributed by atoms with Gasteiger partial charge in [0.25, 0.3) is 0 Å². The molecule has 0 aromatic heterocycles. The molecular formula is C16H25NO5S. The summed E-state index contributed by atoms with van der Waals surface area (Å²) in [7, 11) is -3.21. The minimum absolute atomic E-state index is 0.0374. The van der Waals surface area contributed by atoms with Crippen LogP contribution < -0.4 is 0 Å². The van der Waals surface area contributed by atoms with Crippen LogP contribution in [0.15, 0.2) is 0 Å². The minimum Gasteiger partial charge on any atom is -0.480 e. The number of hydrogen-bond donors (Lipinski definition) is 1. The molecule has 0 aromatic carbocycles. The molecule has 1 spiro atoms. The molecule has 2 saturated heterocycles. The Morgan fingerprint density at radius 2 is 1.65 bits per heavy atom. The third kappa shape index (κ3) is 2.77. The number of aliphatic carboxylic acids is 1. The van der Waals surface area contributed by atoms with Crippen LogP contribution in [-0.4, -0.2) is 54.4 Å². The van der Waals surface area contributed by atoms with Gasteiger partial charge >= 0.3 is 5.97 Å². The van der Waals surface area contributed by atoms with Crippen LogP contribution in [0, 0.1) is 10.8 Å². The molecule has 1 N–H and O–H groups in total. The molecular weight excluding hydrogens is 318 g/mol. The van der Waals surface area contributed by atoms with Gasteiger partial charge in [-0.3, -0.25) is 9.59 Å². The van der Waals surface area contributed by atoms with Crippen LogP contribution >= 0.6 is 0 Å². The van der Waals surface area contributed by atoms with Crippen LogP contribution in [0.2, 0.25) is 0 Å². The van der Waals surface area contributed by atoms with Gasteiger partial charge in [-0.1, -0.05) is 12.8 Å². The van der Waals surface area contributed by atoms with E-state index < -0.39 is 21.2 Å². The lowest BCUT2D eigenvalue weighted by Gasteiger charge is -2.36. The smallest absolute Gasteiger partial charge is 0.319 e. The Morgan fingerprint density at radius 1 is 1.09 bits per heavy atom. The van der Waals surface area contributed by atoms with Crippen LogP contribution in [0.4, 0.5) is 0 Å². The van der Waals surface area contributed by atoms with Gasteiger partial charge in [-0.05, 0) is 44.4 Å². The Balaban J connectivity index is 1.84. The van der Waals surface area contributed by atoms with Crippen LogP contribution in [0.25, 0.3) is 0 Å². The molecule has 2 heterocycles. The van der Waals surface area contributed by atoms with Crippen molar-refractivity contribution in [3.05, 3.63) is 0 Å². The summed E-state index contributed by atoms with van der Waals surface area (Å²) in [5.41, 5.74) is -1.39. The maximum atomic E-state index is 13.1. The number of rotatable bonds is 2. The fourth-order valence-corrected chi connectivity index (χ4v) is 6.28. The largest absolute Gasteiger partial charge is 0.480 e. The van der Waals surface area contributed by atoms with Crippen molar-refractivity contribution >= 4 is 21.7 Å². The topological polar surface area (TPSA) is 91.8 Å². The Hall–Kier alpha value is -1.11. The predicted molar refractivity (Wildman–Crippen MR) is 84.6 cm³/mol. The number of carbonyl (C=O) groups is 2. The van der Waals surface area contributed by atoms with E-state index in [1.54, 1.807) is 4.90 Å². The maximum absolute atomic E-state index is 13.1. The fraction of sp³-hybridized carbons (Fsp3) is 0.875. The number of carbonyl (C=O) groups excluding carboxylic acids is 1. The Bertz CT molecular complexity index is 606. The van der Waals surface area contributed by atoms with Crippen molar-refractivity contribution in [1.82, 2.24) is 4.90 Å². The highest BCUT2D eigenvalue weighted by atomic mass is 32.2.